The zero-order valence-corrected chi connectivity index (χ0v) is 12.7. The van der Waals surface area contributed by atoms with Crippen LogP contribution in [-0.2, 0) is 9.53 Å². The van der Waals surface area contributed by atoms with Crippen molar-refractivity contribution in [2.75, 3.05) is 6.54 Å². The van der Waals surface area contributed by atoms with Crippen LogP contribution in [0.3, 0.4) is 0 Å². The largest absolute Gasteiger partial charge is 0.444 e. The predicted octanol–water partition coefficient (Wildman–Crippen LogP) is 1.29. The molecule has 2 amide bonds. The van der Waals surface area contributed by atoms with Crippen LogP contribution < -0.4 is 16.4 Å². The Morgan fingerprint density at radius 2 is 1.85 bits per heavy atom. The Balaban J connectivity index is 2.38. The lowest BCUT2D eigenvalue weighted by Gasteiger charge is -2.27. The monoisotopic (exact) mass is 285 g/mol. The lowest BCUT2D eigenvalue weighted by molar-refractivity contribution is -0.120. The van der Waals surface area contributed by atoms with Gasteiger partial charge in [-0.3, -0.25) is 4.79 Å². The van der Waals surface area contributed by atoms with Gasteiger partial charge in [-0.2, -0.15) is 0 Å². The predicted molar refractivity (Wildman–Crippen MR) is 77.2 cm³/mol. The first-order valence-corrected chi connectivity index (χ1v) is 7.30. The lowest BCUT2D eigenvalue weighted by atomic mass is 9.95. The van der Waals surface area contributed by atoms with Gasteiger partial charge < -0.3 is 21.1 Å². The summed E-state index contributed by atoms with van der Waals surface area (Å²) in [5.41, 5.74) is 4.82. The third kappa shape index (κ3) is 6.75. The van der Waals surface area contributed by atoms with E-state index in [9.17, 15) is 9.59 Å². The van der Waals surface area contributed by atoms with Gasteiger partial charge in [-0.05, 0) is 33.6 Å². The Kier molecular flexibility index (Phi) is 6.26. The van der Waals surface area contributed by atoms with Crippen LogP contribution in [0, 0.1) is 0 Å². The van der Waals surface area contributed by atoms with Gasteiger partial charge >= 0.3 is 6.09 Å². The number of ether oxygens (including phenoxy) is 1. The molecule has 6 heteroatoms. The van der Waals surface area contributed by atoms with Crippen molar-refractivity contribution in [1.29, 1.82) is 0 Å². The molecule has 0 saturated heterocycles. The van der Waals surface area contributed by atoms with Crippen LogP contribution in [0.25, 0.3) is 0 Å². The van der Waals surface area contributed by atoms with E-state index in [2.05, 4.69) is 10.6 Å². The number of hydrogen-bond acceptors (Lipinski definition) is 4. The fourth-order valence-electron chi connectivity index (χ4n) is 2.29. The highest BCUT2D eigenvalue weighted by Gasteiger charge is 2.23. The van der Waals surface area contributed by atoms with E-state index in [1.165, 1.54) is 19.3 Å². The van der Waals surface area contributed by atoms with E-state index < -0.39 is 23.6 Å². The number of nitrogens with one attached hydrogen (secondary N) is 2. The van der Waals surface area contributed by atoms with Gasteiger partial charge in [0, 0.05) is 12.6 Å². The molecule has 1 saturated carbocycles. The molecule has 4 N–H and O–H groups in total. The summed E-state index contributed by atoms with van der Waals surface area (Å²) in [5, 5.41) is 5.81. The first-order chi connectivity index (χ1) is 9.28. The number of carbonyl (C=O) groups excluding carboxylic acids is 2. The van der Waals surface area contributed by atoms with Crippen molar-refractivity contribution in [2.24, 2.45) is 5.73 Å². The number of primary amides is 1. The molecule has 0 aromatic rings. The van der Waals surface area contributed by atoms with Crippen LogP contribution in [-0.4, -0.2) is 36.2 Å². The maximum absolute atomic E-state index is 11.6. The summed E-state index contributed by atoms with van der Waals surface area (Å²) in [6, 6.07) is -0.243. The Morgan fingerprint density at radius 3 is 2.35 bits per heavy atom. The average molecular weight is 285 g/mol. The third-order valence-electron chi connectivity index (χ3n) is 3.23. The van der Waals surface area contributed by atoms with Crippen LogP contribution in [0.15, 0.2) is 0 Å². The summed E-state index contributed by atoms with van der Waals surface area (Å²) in [5.74, 6) is -0.452. The van der Waals surface area contributed by atoms with Crippen LogP contribution in [0.1, 0.15) is 52.9 Å². The molecule has 0 aromatic heterocycles. The van der Waals surface area contributed by atoms with E-state index in [-0.39, 0.29) is 6.54 Å². The number of alkyl carbamates (subject to hydrolysis) is 1. The minimum Gasteiger partial charge on any atom is -0.444 e. The van der Waals surface area contributed by atoms with Gasteiger partial charge in [0.2, 0.25) is 5.91 Å². The standard InChI is InChI=1S/C14H27N3O3/c1-14(2,3)20-13(19)16-9-11(12(15)18)17-10-7-5-4-6-8-10/h10-11,17H,4-9H2,1-3H3,(H2,15,18)(H,16,19). The molecular formula is C14H27N3O3. The van der Waals surface area contributed by atoms with Gasteiger partial charge in [0.05, 0.1) is 0 Å². The minimum atomic E-state index is -0.552. The topological polar surface area (TPSA) is 93.4 Å². The highest BCUT2D eigenvalue weighted by molar-refractivity contribution is 5.81. The fourth-order valence-corrected chi connectivity index (χ4v) is 2.29. The first-order valence-electron chi connectivity index (χ1n) is 7.30. The SMILES string of the molecule is CC(C)(C)OC(=O)NCC(NC1CCCCC1)C(N)=O. The number of nitrogens with two attached hydrogens (primary N) is 1. The Morgan fingerprint density at radius 1 is 1.25 bits per heavy atom. The number of amides is 2. The van der Waals surface area contributed by atoms with Gasteiger partial charge in [-0.25, -0.2) is 4.79 Å². The van der Waals surface area contributed by atoms with Gasteiger partial charge in [0.25, 0.3) is 0 Å². The molecule has 20 heavy (non-hydrogen) atoms. The number of hydrogen-bond donors (Lipinski definition) is 3. The summed E-state index contributed by atoms with van der Waals surface area (Å²) in [7, 11) is 0. The maximum atomic E-state index is 11.6. The van der Waals surface area contributed by atoms with E-state index in [4.69, 9.17) is 10.5 Å². The van der Waals surface area contributed by atoms with Crippen LogP contribution in [0.4, 0.5) is 4.79 Å². The van der Waals surface area contributed by atoms with E-state index in [0.29, 0.717) is 6.04 Å². The smallest absolute Gasteiger partial charge is 0.407 e. The molecule has 0 aromatic carbocycles. The van der Waals surface area contributed by atoms with Crippen LogP contribution >= 0.6 is 0 Å². The molecule has 1 aliphatic rings. The van der Waals surface area contributed by atoms with Crippen LogP contribution in [0.5, 0.6) is 0 Å². The summed E-state index contributed by atoms with van der Waals surface area (Å²) < 4.78 is 5.13. The molecule has 116 valence electrons. The highest BCUT2D eigenvalue weighted by Crippen LogP contribution is 2.17. The Hall–Kier alpha value is -1.30. The Bertz CT molecular complexity index is 333. The number of carbonyl (C=O) groups is 2. The fraction of sp³-hybridized carbons (Fsp3) is 0.857. The van der Waals surface area contributed by atoms with Gasteiger partial charge in [-0.15, -0.1) is 0 Å². The second-order valence-electron chi connectivity index (χ2n) is 6.34. The zero-order chi connectivity index (χ0) is 15.2. The van der Waals surface area contributed by atoms with Crippen molar-refractivity contribution in [1.82, 2.24) is 10.6 Å². The molecule has 0 spiro atoms. The highest BCUT2D eigenvalue weighted by atomic mass is 16.6. The molecule has 0 bridgehead atoms. The molecule has 0 radical (unpaired) electrons. The van der Waals surface area contributed by atoms with Crippen molar-refractivity contribution in [3.8, 4) is 0 Å². The summed E-state index contributed by atoms with van der Waals surface area (Å²) >= 11 is 0. The van der Waals surface area contributed by atoms with Gasteiger partial charge in [0.1, 0.15) is 11.6 Å². The third-order valence-corrected chi connectivity index (χ3v) is 3.23. The van der Waals surface area contributed by atoms with Gasteiger partial charge in [-0.1, -0.05) is 19.3 Å². The second kappa shape index (κ2) is 7.47. The van der Waals surface area contributed by atoms with Crippen molar-refractivity contribution in [3.63, 3.8) is 0 Å². The van der Waals surface area contributed by atoms with Crippen molar-refractivity contribution in [3.05, 3.63) is 0 Å². The summed E-state index contributed by atoms with van der Waals surface area (Å²) in [6.45, 7) is 5.52. The minimum absolute atomic E-state index is 0.154. The van der Waals surface area contributed by atoms with Crippen molar-refractivity contribution in [2.45, 2.75) is 70.6 Å². The molecule has 1 aliphatic carbocycles. The van der Waals surface area contributed by atoms with E-state index in [0.717, 1.165) is 12.8 Å². The van der Waals surface area contributed by atoms with Crippen LogP contribution in [0.2, 0.25) is 0 Å². The Labute approximate surface area is 120 Å². The first kappa shape index (κ1) is 16.8. The molecule has 0 heterocycles. The molecule has 1 fully saturated rings. The average Bonchev–Trinajstić information content (AvgIpc) is 2.33. The zero-order valence-electron chi connectivity index (χ0n) is 12.7. The van der Waals surface area contributed by atoms with E-state index in [1.54, 1.807) is 20.8 Å². The quantitative estimate of drug-likeness (QED) is 0.709. The van der Waals surface area contributed by atoms with Gasteiger partial charge in [0.15, 0.2) is 0 Å². The maximum Gasteiger partial charge on any atom is 0.407 e. The molecule has 1 unspecified atom stereocenters. The summed E-state index contributed by atoms with van der Waals surface area (Å²) in [6.07, 6.45) is 5.15. The number of rotatable bonds is 5. The normalized spacial score (nSPS) is 18.4. The molecule has 1 atom stereocenters. The molecule has 6 nitrogen and oxygen atoms in total. The van der Waals surface area contributed by atoms with Crippen molar-refractivity contribution < 1.29 is 14.3 Å². The van der Waals surface area contributed by atoms with E-state index in [1.807, 2.05) is 0 Å². The second-order valence-corrected chi connectivity index (χ2v) is 6.34. The molecule has 1 rings (SSSR count). The van der Waals surface area contributed by atoms with Crippen molar-refractivity contribution >= 4 is 12.0 Å². The van der Waals surface area contributed by atoms with E-state index >= 15 is 0 Å². The molecular weight excluding hydrogens is 258 g/mol. The lowest BCUT2D eigenvalue weighted by Crippen LogP contribution is -2.53. The molecule has 0 aliphatic heterocycles. The summed E-state index contributed by atoms with van der Waals surface area (Å²) in [4.78, 5) is 23.0.